The van der Waals surface area contributed by atoms with E-state index in [-0.39, 0.29) is 37.4 Å². The predicted octanol–water partition coefficient (Wildman–Crippen LogP) is 0.421. The molecule has 0 aliphatic heterocycles. The molecule has 2 rings (SSSR count). The van der Waals surface area contributed by atoms with Gasteiger partial charge in [0.05, 0.1) is 6.61 Å². The maximum Gasteiger partial charge on any atom is 0.404 e. The molecule has 0 fully saturated rings. The number of carbonyl (C=O) groups excluding carboxylic acids is 2. The number of pyridine rings is 1. The first-order valence-corrected chi connectivity index (χ1v) is 9.33. The Morgan fingerprint density at radius 2 is 1.60 bits per heavy atom. The van der Waals surface area contributed by atoms with Gasteiger partial charge < -0.3 is 30.7 Å². The number of hydrogen-bond acceptors (Lipinski definition) is 5. The van der Waals surface area contributed by atoms with E-state index in [9.17, 15) is 24.3 Å². The molecule has 0 bridgehead atoms. The van der Waals surface area contributed by atoms with Crippen LogP contribution in [-0.4, -0.2) is 52.4 Å². The van der Waals surface area contributed by atoms with Crippen molar-refractivity contribution in [1.82, 2.24) is 20.5 Å². The molecule has 2 aromatic rings. The number of nitrogens with one attached hydrogen (secondary N) is 3. The zero-order valence-electron chi connectivity index (χ0n) is 15.9. The van der Waals surface area contributed by atoms with Crippen LogP contribution in [0.2, 0.25) is 5.02 Å². The van der Waals surface area contributed by atoms with Gasteiger partial charge in [0.15, 0.2) is 0 Å². The molecule has 1 heterocycles. The molecule has 0 aliphatic rings. The second kappa shape index (κ2) is 11.0. The number of hydrogen-bond donors (Lipinski definition) is 5. The monoisotopic (exact) mass is 436 g/mol. The number of amides is 3. The van der Waals surface area contributed by atoms with Crippen LogP contribution in [0.4, 0.5) is 4.79 Å². The Morgan fingerprint density at radius 1 is 0.933 bits per heavy atom. The molecule has 0 unspecified atom stereocenters. The average Bonchev–Trinajstić information content (AvgIpc) is 2.71. The summed E-state index contributed by atoms with van der Waals surface area (Å²) in [4.78, 5) is 47.9. The van der Waals surface area contributed by atoms with E-state index < -0.39 is 30.1 Å². The molecule has 0 atom stereocenters. The van der Waals surface area contributed by atoms with Crippen molar-refractivity contribution < 1.29 is 24.6 Å². The van der Waals surface area contributed by atoms with Gasteiger partial charge in [-0.25, -0.2) is 4.79 Å². The largest absolute Gasteiger partial charge is 0.465 e. The average molecular weight is 437 g/mol. The Hall–Kier alpha value is -3.37. The third kappa shape index (κ3) is 6.33. The van der Waals surface area contributed by atoms with Crippen molar-refractivity contribution in [2.45, 2.75) is 13.1 Å². The van der Waals surface area contributed by atoms with Crippen LogP contribution in [-0.2, 0) is 13.1 Å². The lowest BCUT2D eigenvalue weighted by molar-refractivity contribution is 0.0928. The fourth-order valence-electron chi connectivity index (χ4n) is 2.59. The van der Waals surface area contributed by atoms with Crippen molar-refractivity contribution in [2.75, 3.05) is 19.7 Å². The summed E-state index contributed by atoms with van der Waals surface area (Å²) in [5, 5.41) is 25.5. The molecule has 160 valence electrons. The Bertz CT molecular complexity index is 974. The Morgan fingerprint density at radius 3 is 2.23 bits per heavy atom. The molecule has 0 spiro atoms. The fourth-order valence-corrected chi connectivity index (χ4v) is 2.71. The molecule has 3 amide bonds. The number of aliphatic hydroxyl groups excluding tert-OH is 1. The number of rotatable bonds is 9. The lowest BCUT2D eigenvalue weighted by atomic mass is 10.2. The van der Waals surface area contributed by atoms with Gasteiger partial charge >= 0.3 is 6.09 Å². The number of carbonyl (C=O) groups is 3. The van der Waals surface area contributed by atoms with Crippen molar-refractivity contribution in [2.24, 2.45) is 0 Å². The summed E-state index contributed by atoms with van der Waals surface area (Å²) in [6.45, 7) is -0.448. The summed E-state index contributed by atoms with van der Waals surface area (Å²) in [5.74, 6) is -1.26. The third-order valence-electron chi connectivity index (χ3n) is 4.03. The molecule has 1 aromatic carbocycles. The summed E-state index contributed by atoms with van der Waals surface area (Å²) in [6, 6.07) is 9.36. The van der Waals surface area contributed by atoms with Crippen molar-refractivity contribution >= 4 is 29.5 Å². The normalized spacial score (nSPS) is 10.3. The summed E-state index contributed by atoms with van der Waals surface area (Å²) in [6.07, 6.45) is -1.23. The van der Waals surface area contributed by atoms with Crippen LogP contribution >= 0.6 is 11.6 Å². The summed E-state index contributed by atoms with van der Waals surface area (Å²) >= 11 is 5.82. The van der Waals surface area contributed by atoms with Crippen LogP contribution in [0.3, 0.4) is 0 Å². The molecule has 11 heteroatoms. The second-order valence-corrected chi connectivity index (χ2v) is 6.55. The van der Waals surface area contributed by atoms with Crippen LogP contribution in [0.15, 0.2) is 41.2 Å². The van der Waals surface area contributed by atoms with Gasteiger partial charge in [-0.05, 0) is 29.8 Å². The first kappa shape index (κ1) is 22.9. The Balaban J connectivity index is 2.13. The molecular formula is C19H21ClN4O6. The first-order chi connectivity index (χ1) is 14.3. The van der Waals surface area contributed by atoms with Gasteiger partial charge in [0.25, 0.3) is 17.4 Å². The highest BCUT2D eigenvalue weighted by Crippen LogP contribution is 2.09. The third-order valence-corrected chi connectivity index (χ3v) is 4.28. The van der Waals surface area contributed by atoms with E-state index in [1.165, 1.54) is 12.1 Å². The van der Waals surface area contributed by atoms with E-state index in [1.54, 1.807) is 24.3 Å². The molecule has 0 saturated carbocycles. The van der Waals surface area contributed by atoms with Crippen LogP contribution in [0.5, 0.6) is 0 Å². The van der Waals surface area contributed by atoms with E-state index in [0.717, 1.165) is 10.1 Å². The summed E-state index contributed by atoms with van der Waals surface area (Å²) in [5.41, 5.74) is -0.177. The molecule has 0 aliphatic carbocycles. The van der Waals surface area contributed by atoms with Crippen molar-refractivity contribution in [3.63, 3.8) is 0 Å². The number of aliphatic hydroxyl groups is 1. The summed E-state index contributed by atoms with van der Waals surface area (Å²) in [7, 11) is 0. The minimum absolute atomic E-state index is 0.00176. The number of halogens is 1. The molecule has 30 heavy (non-hydrogen) atoms. The lowest BCUT2D eigenvalue weighted by Crippen LogP contribution is -2.39. The van der Waals surface area contributed by atoms with Crippen molar-refractivity contribution in [3.8, 4) is 0 Å². The molecule has 5 N–H and O–H groups in total. The van der Waals surface area contributed by atoms with E-state index in [2.05, 4.69) is 16.0 Å². The van der Waals surface area contributed by atoms with E-state index in [0.29, 0.717) is 5.02 Å². The number of carboxylic acid groups (broad SMARTS) is 1. The fraction of sp³-hybridized carbons (Fsp3) is 0.263. The lowest BCUT2D eigenvalue weighted by Gasteiger charge is -2.14. The smallest absolute Gasteiger partial charge is 0.404 e. The van der Waals surface area contributed by atoms with Gasteiger partial charge in [0, 0.05) is 31.2 Å². The number of nitrogens with zero attached hydrogens (tertiary/aromatic N) is 1. The highest BCUT2D eigenvalue weighted by atomic mass is 35.5. The first-order valence-electron chi connectivity index (χ1n) is 8.96. The summed E-state index contributed by atoms with van der Waals surface area (Å²) < 4.78 is 0.997. The maximum absolute atomic E-state index is 12.7. The minimum Gasteiger partial charge on any atom is -0.465 e. The SMILES string of the molecule is O=C(O)NCCNC(=O)c1ccc(C(=O)NCc2ccc(Cl)cc2)c(=O)n1CCO. The van der Waals surface area contributed by atoms with Crippen molar-refractivity contribution in [3.05, 3.63) is 68.6 Å². The van der Waals surface area contributed by atoms with Gasteiger partial charge in [0.1, 0.15) is 11.3 Å². The van der Waals surface area contributed by atoms with Crippen LogP contribution in [0.25, 0.3) is 0 Å². The Labute approximate surface area is 176 Å². The van der Waals surface area contributed by atoms with Crippen LogP contribution in [0, 0.1) is 0 Å². The molecule has 10 nitrogen and oxygen atoms in total. The second-order valence-electron chi connectivity index (χ2n) is 6.11. The molecular weight excluding hydrogens is 416 g/mol. The van der Waals surface area contributed by atoms with E-state index in [4.69, 9.17) is 16.7 Å². The van der Waals surface area contributed by atoms with Crippen LogP contribution < -0.4 is 21.5 Å². The van der Waals surface area contributed by atoms with Gasteiger partial charge in [-0.3, -0.25) is 14.4 Å². The predicted molar refractivity (Wildman–Crippen MR) is 109 cm³/mol. The van der Waals surface area contributed by atoms with Crippen molar-refractivity contribution in [1.29, 1.82) is 0 Å². The molecule has 0 saturated heterocycles. The Kier molecular flexibility index (Phi) is 8.39. The van der Waals surface area contributed by atoms with Gasteiger partial charge in [-0.15, -0.1) is 0 Å². The van der Waals surface area contributed by atoms with Gasteiger partial charge in [0.2, 0.25) is 0 Å². The maximum atomic E-state index is 12.7. The van der Waals surface area contributed by atoms with Crippen LogP contribution in [0.1, 0.15) is 26.4 Å². The minimum atomic E-state index is -1.23. The standard InChI is InChI=1S/C19H21ClN4O6/c20-13-3-1-12(2-4-13)11-23-16(26)14-5-6-15(24(9-10-25)18(14)28)17(27)21-7-8-22-19(29)30/h1-6,22,25H,7-11H2,(H,21,27)(H,23,26)(H,29,30). The number of benzene rings is 1. The quantitative estimate of drug-likeness (QED) is 0.359. The zero-order valence-corrected chi connectivity index (χ0v) is 16.6. The molecule has 1 aromatic heterocycles. The highest BCUT2D eigenvalue weighted by molar-refractivity contribution is 6.30. The number of aromatic nitrogens is 1. The van der Waals surface area contributed by atoms with E-state index >= 15 is 0 Å². The van der Waals surface area contributed by atoms with E-state index in [1.807, 2.05) is 0 Å². The zero-order chi connectivity index (χ0) is 22.1. The van der Waals surface area contributed by atoms with Gasteiger partial charge in [-0.2, -0.15) is 0 Å². The molecule has 0 radical (unpaired) electrons. The topological polar surface area (TPSA) is 150 Å². The highest BCUT2D eigenvalue weighted by Gasteiger charge is 2.18. The van der Waals surface area contributed by atoms with Gasteiger partial charge in [-0.1, -0.05) is 23.7 Å².